The van der Waals surface area contributed by atoms with E-state index in [9.17, 15) is 29.8 Å². The van der Waals surface area contributed by atoms with E-state index >= 15 is 0 Å². The van der Waals surface area contributed by atoms with E-state index in [1.165, 1.54) is 16.8 Å². The van der Waals surface area contributed by atoms with Gasteiger partial charge in [0.25, 0.3) is 16.9 Å². The number of non-ortho nitro benzene ring substituents is 2. The Morgan fingerprint density at radius 1 is 0.921 bits per heavy atom. The number of nitro benzene ring substituents is 2. The zero-order valence-electron chi connectivity index (χ0n) is 20.2. The van der Waals surface area contributed by atoms with Crippen molar-refractivity contribution in [3.05, 3.63) is 121 Å². The number of aromatic nitrogens is 2. The fraction of sp³-hybridized carbons (Fsp3) is 0.0769. The zero-order valence-corrected chi connectivity index (χ0v) is 20.2. The summed E-state index contributed by atoms with van der Waals surface area (Å²) in [6, 6.07) is 18.4. The van der Waals surface area contributed by atoms with Crippen molar-refractivity contribution in [3.63, 3.8) is 0 Å². The van der Waals surface area contributed by atoms with Gasteiger partial charge < -0.3 is 10.1 Å². The molecule has 12 nitrogen and oxygen atoms in total. The van der Waals surface area contributed by atoms with Crippen LogP contribution in [0.25, 0.3) is 11.8 Å². The van der Waals surface area contributed by atoms with Crippen LogP contribution in [0, 0.1) is 27.2 Å². The second-order valence-corrected chi connectivity index (χ2v) is 8.13. The number of hydrogen-bond donors (Lipinski definition) is 1. The lowest BCUT2D eigenvalue weighted by atomic mass is 10.2. The van der Waals surface area contributed by atoms with Gasteiger partial charge in [0, 0.05) is 13.1 Å². The van der Waals surface area contributed by atoms with Crippen LogP contribution in [0.5, 0.6) is 11.5 Å². The molecule has 0 bridgehead atoms. The molecule has 0 aliphatic rings. The number of nitrogens with zero attached hydrogens (tertiary/aromatic N) is 4. The molecule has 0 aliphatic heterocycles. The van der Waals surface area contributed by atoms with Crippen molar-refractivity contribution in [1.82, 2.24) is 9.36 Å². The highest BCUT2D eigenvalue weighted by atomic mass is 16.6. The van der Waals surface area contributed by atoms with Crippen LogP contribution in [0.1, 0.15) is 11.3 Å². The van der Waals surface area contributed by atoms with E-state index < -0.39 is 27.1 Å². The number of rotatable bonds is 8. The molecule has 1 aromatic heterocycles. The monoisotopic (exact) mass is 515 g/mol. The first-order valence-corrected chi connectivity index (χ1v) is 11.2. The average Bonchev–Trinajstić information content (AvgIpc) is 3.10. The molecule has 0 fully saturated rings. The SMILES string of the molecule is Cc1c(NC(=O)/C=C/c2cccc(Oc3cc([N+](=O)[O-])cc([N+](=O)[O-])c3)c2)c(=O)n(-c2ccccc2)n1C. The predicted octanol–water partition coefficient (Wildman–Crippen LogP) is 4.75. The number of benzene rings is 3. The van der Waals surface area contributed by atoms with E-state index in [0.29, 0.717) is 16.9 Å². The molecule has 0 saturated heterocycles. The Morgan fingerprint density at radius 3 is 2.21 bits per heavy atom. The molecule has 3 aromatic carbocycles. The number of para-hydroxylation sites is 1. The van der Waals surface area contributed by atoms with Gasteiger partial charge in [0.05, 0.1) is 39.4 Å². The van der Waals surface area contributed by atoms with Crippen molar-refractivity contribution in [2.45, 2.75) is 6.92 Å². The number of nitrogens with one attached hydrogen (secondary N) is 1. The summed E-state index contributed by atoms with van der Waals surface area (Å²) in [6.07, 6.45) is 2.74. The molecule has 1 heterocycles. The number of ether oxygens (including phenoxy) is 1. The number of hydrogen-bond acceptors (Lipinski definition) is 7. The molecule has 192 valence electrons. The summed E-state index contributed by atoms with van der Waals surface area (Å²) in [4.78, 5) is 46.3. The van der Waals surface area contributed by atoms with Gasteiger partial charge in [-0.3, -0.25) is 34.5 Å². The van der Waals surface area contributed by atoms with E-state index in [1.54, 1.807) is 55.1 Å². The molecule has 1 amide bonds. The van der Waals surface area contributed by atoms with Crippen molar-refractivity contribution in [3.8, 4) is 17.2 Å². The van der Waals surface area contributed by atoms with E-state index in [2.05, 4.69) is 5.32 Å². The van der Waals surface area contributed by atoms with Gasteiger partial charge in [0.15, 0.2) is 0 Å². The topological polar surface area (TPSA) is 152 Å². The molecular formula is C26H21N5O7. The average molecular weight is 515 g/mol. The summed E-state index contributed by atoms with van der Waals surface area (Å²) in [6.45, 7) is 1.72. The highest BCUT2D eigenvalue weighted by Crippen LogP contribution is 2.31. The molecule has 0 spiro atoms. The van der Waals surface area contributed by atoms with Crippen molar-refractivity contribution < 1.29 is 19.4 Å². The lowest BCUT2D eigenvalue weighted by molar-refractivity contribution is -0.394. The van der Waals surface area contributed by atoms with Gasteiger partial charge in [-0.1, -0.05) is 30.3 Å². The number of nitro groups is 2. The summed E-state index contributed by atoms with van der Waals surface area (Å²) in [7, 11) is 1.72. The molecule has 1 N–H and O–H groups in total. The smallest absolute Gasteiger partial charge is 0.295 e. The summed E-state index contributed by atoms with van der Waals surface area (Å²) in [5.74, 6) is -0.373. The van der Waals surface area contributed by atoms with Crippen LogP contribution >= 0.6 is 0 Å². The van der Waals surface area contributed by atoms with Crippen molar-refractivity contribution in [1.29, 1.82) is 0 Å². The molecule has 38 heavy (non-hydrogen) atoms. The first-order valence-electron chi connectivity index (χ1n) is 11.2. The van der Waals surface area contributed by atoms with Gasteiger partial charge in [-0.05, 0) is 42.8 Å². The molecule has 0 unspecified atom stereocenters. The maximum atomic E-state index is 13.0. The van der Waals surface area contributed by atoms with Crippen LogP contribution in [0.3, 0.4) is 0 Å². The van der Waals surface area contributed by atoms with E-state index in [-0.39, 0.29) is 22.7 Å². The molecule has 0 saturated carbocycles. The molecule has 0 radical (unpaired) electrons. The lowest BCUT2D eigenvalue weighted by Crippen LogP contribution is -2.22. The first-order chi connectivity index (χ1) is 18.1. The normalized spacial score (nSPS) is 10.9. The van der Waals surface area contributed by atoms with Crippen LogP contribution in [0.4, 0.5) is 17.1 Å². The zero-order chi connectivity index (χ0) is 27.4. The van der Waals surface area contributed by atoms with Crippen molar-refractivity contribution >= 4 is 29.0 Å². The Kier molecular flexibility index (Phi) is 7.15. The minimum Gasteiger partial charge on any atom is -0.457 e. The summed E-state index contributed by atoms with van der Waals surface area (Å²) in [5, 5.41) is 24.8. The Balaban J connectivity index is 1.52. The largest absolute Gasteiger partial charge is 0.457 e. The highest BCUT2D eigenvalue weighted by Gasteiger charge is 2.18. The van der Waals surface area contributed by atoms with Crippen LogP contribution in [0.2, 0.25) is 0 Å². The minimum atomic E-state index is -0.749. The number of amides is 1. The molecule has 0 atom stereocenters. The predicted molar refractivity (Wildman–Crippen MR) is 140 cm³/mol. The van der Waals surface area contributed by atoms with Crippen LogP contribution in [-0.4, -0.2) is 25.1 Å². The third-order valence-electron chi connectivity index (χ3n) is 5.62. The van der Waals surface area contributed by atoms with Crippen LogP contribution < -0.4 is 15.6 Å². The molecular weight excluding hydrogens is 494 g/mol. The lowest BCUT2D eigenvalue weighted by Gasteiger charge is -2.07. The highest BCUT2D eigenvalue weighted by molar-refractivity contribution is 6.02. The summed E-state index contributed by atoms with van der Waals surface area (Å²) < 4.78 is 8.70. The third-order valence-corrected chi connectivity index (χ3v) is 5.62. The Bertz CT molecular complexity index is 1610. The van der Waals surface area contributed by atoms with Crippen LogP contribution in [-0.2, 0) is 11.8 Å². The fourth-order valence-corrected chi connectivity index (χ4v) is 3.70. The number of carbonyl (C=O) groups is 1. The minimum absolute atomic E-state index is 0.0842. The number of anilines is 1. The Labute approximate surface area is 215 Å². The van der Waals surface area contributed by atoms with Gasteiger partial charge in [-0.25, -0.2) is 4.68 Å². The Morgan fingerprint density at radius 2 is 1.58 bits per heavy atom. The van der Waals surface area contributed by atoms with Gasteiger partial charge in [0.2, 0.25) is 5.91 Å². The molecule has 4 aromatic rings. The van der Waals surface area contributed by atoms with Crippen LogP contribution in [0.15, 0.2) is 83.7 Å². The maximum absolute atomic E-state index is 13.0. The summed E-state index contributed by atoms with van der Waals surface area (Å²) in [5.41, 5.74) is 0.583. The second-order valence-electron chi connectivity index (χ2n) is 8.13. The molecule has 12 heteroatoms. The van der Waals surface area contributed by atoms with E-state index in [0.717, 1.165) is 18.2 Å². The Hall–Kier alpha value is -5.52. The third kappa shape index (κ3) is 5.49. The molecule has 0 aliphatic carbocycles. The van der Waals surface area contributed by atoms with Gasteiger partial charge >= 0.3 is 0 Å². The molecule has 4 rings (SSSR count). The van der Waals surface area contributed by atoms with Crippen molar-refractivity contribution in [2.24, 2.45) is 7.05 Å². The standard InChI is InChI=1S/C26H21N5O7/c1-17-25(26(33)29(28(17)2)19-8-4-3-5-9-19)27-24(32)12-11-18-7-6-10-22(13-18)38-23-15-20(30(34)35)14-21(16-23)31(36)37/h3-16H,1-2H3,(H,27,32)/b12-11+. The van der Waals surface area contributed by atoms with Gasteiger partial charge in [-0.15, -0.1) is 0 Å². The van der Waals surface area contributed by atoms with E-state index in [4.69, 9.17) is 4.74 Å². The summed E-state index contributed by atoms with van der Waals surface area (Å²) >= 11 is 0. The quantitative estimate of drug-likeness (QED) is 0.202. The second kappa shape index (κ2) is 10.6. The van der Waals surface area contributed by atoms with E-state index in [1.807, 2.05) is 18.2 Å². The van der Waals surface area contributed by atoms with Gasteiger partial charge in [-0.2, -0.15) is 0 Å². The maximum Gasteiger partial charge on any atom is 0.295 e. The van der Waals surface area contributed by atoms with Gasteiger partial charge in [0.1, 0.15) is 17.2 Å². The number of carbonyl (C=O) groups excluding carboxylic acids is 1. The first kappa shape index (κ1) is 25.6. The van der Waals surface area contributed by atoms with Crippen molar-refractivity contribution in [2.75, 3.05) is 5.32 Å². The fourth-order valence-electron chi connectivity index (χ4n) is 3.70.